The van der Waals surface area contributed by atoms with Crippen LogP contribution in [0.3, 0.4) is 0 Å². The molecule has 4 heteroatoms. The number of nitrogens with zero attached hydrogens (tertiary/aromatic N) is 3. The molecule has 0 amide bonds. The summed E-state index contributed by atoms with van der Waals surface area (Å²) in [5.74, 6) is 0.785. The number of anilines is 2. The average molecular weight is 354 g/mol. The highest BCUT2D eigenvalue weighted by Gasteiger charge is 2.10. The van der Waals surface area contributed by atoms with E-state index in [1.54, 1.807) is 0 Å². The summed E-state index contributed by atoms with van der Waals surface area (Å²) in [6.45, 7) is 2.20. The fourth-order valence-corrected chi connectivity index (χ4v) is 3.26. The molecule has 0 unspecified atom stereocenters. The summed E-state index contributed by atoms with van der Waals surface area (Å²) in [6.07, 6.45) is 6.61. The molecule has 2 aromatic carbocycles. The van der Waals surface area contributed by atoms with E-state index in [1.807, 2.05) is 36.7 Å². The van der Waals surface area contributed by atoms with Crippen LogP contribution in [0.15, 0.2) is 73.1 Å². The lowest BCUT2D eigenvalue weighted by molar-refractivity contribution is 0.922. The molecule has 134 valence electrons. The minimum absolute atomic E-state index is 0.738. The normalized spacial score (nSPS) is 10.9. The maximum atomic E-state index is 4.51. The van der Waals surface area contributed by atoms with Crippen LogP contribution in [0.4, 0.5) is 11.5 Å². The standard InChI is InChI=1S/C23H22N4/c1-2-5-17-8-10-19(11-9-17)25-23-21-7-4-3-6-20(21)22(26-27-23)16-18-12-14-24-15-13-18/h3-4,6-15H,2,5,16H2,1H3,(H,25,27). The third-order valence-corrected chi connectivity index (χ3v) is 4.64. The van der Waals surface area contributed by atoms with Crippen molar-refractivity contribution in [2.45, 2.75) is 26.2 Å². The second-order valence-electron chi connectivity index (χ2n) is 6.65. The summed E-state index contributed by atoms with van der Waals surface area (Å²) >= 11 is 0. The van der Waals surface area contributed by atoms with Crippen LogP contribution in [0.25, 0.3) is 10.8 Å². The summed E-state index contributed by atoms with van der Waals surface area (Å²) in [5.41, 5.74) is 4.53. The number of hydrogen-bond donors (Lipinski definition) is 1. The Labute approximate surface area is 159 Å². The lowest BCUT2D eigenvalue weighted by Gasteiger charge is -2.11. The van der Waals surface area contributed by atoms with Crippen molar-refractivity contribution in [2.75, 3.05) is 5.32 Å². The van der Waals surface area contributed by atoms with E-state index in [9.17, 15) is 0 Å². The van der Waals surface area contributed by atoms with E-state index < -0.39 is 0 Å². The molecule has 0 atom stereocenters. The summed E-state index contributed by atoms with van der Waals surface area (Å²) in [7, 11) is 0. The van der Waals surface area contributed by atoms with Gasteiger partial charge in [0.1, 0.15) is 0 Å². The van der Waals surface area contributed by atoms with E-state index in [0.717, 1.165) is 47.2 Å². The van der Waals surface area contributed by atoms with Gasteiger partial charge in [0.2, 0.25) is 0 Å². The monoisotopic (exact) mass is 354 g/mol. The zero-order chi connectivity index (χ0) is 18.5. The highest BCUT2D eigenvalue weighted by atomic mass is 15.2. The molecule has 4 rings (SSSR count). The zero-order valence-electron chi connectivity index (χ0n) is 15.4. The summed E-state index contributed by atoms with van der Waals surface area (Å²) in [6, 6.07) is 20.8. The number of pyridine rings is 1. The van der Waals surface area contributed by atoms with E-state index in [4.69, 9.17) is 0 Å². The van der Waals surface area contributed by atoms with Gasteiger partial charge < -0.3 is 5.32 Å². The molecule has 0 spiro atoms. The molecule has 4 nitrogen and oxygen atoms in total. The SMILES string of the molecule is CCCc1ccc(Nc2nnc(Cc3ccncc3)c3ccccc23)cc1. The molecule has 0 radical (unpaired) electrons. The molecule has 0 aliphatic heterocycles. The first-order chi connectivity index (χ1) is 13.3. The Kier molecular flexibility index (Phi) is 5.06. The van der Waals surface area contributed by atoms with Crippen LogP contribution in [0, 0.1) is 0 Å². The maximum absolute atomic E-state index is 4.51. The fourth-order valence-electron chi connectivity index (χ4n) is 3.26. The Hall–Kier alpha value is -3.27. The predicted molar refractivity (Wildman–Crippen MR) is 110 cm³/mol. The molecule has 0 bridgehead atoms. The van der Waals surface area contributed by atoms with Gasteiger partial charge in [-0.3, -0.25) is 4.98 Å². The van der Waals surface area contributed by atoms with E-state index in [-0.39, 0.29) is 0 Å². The van der Waals surface area contributed by atoms with Gasteiger partial charge in [0.25, 0.3) is 0 Å². The molecule has 1 N–H and O–H groups in total. The molecular formula is C23H22N4. The van der Waals surface area contributed by atoms with Gasteiger partial charge in [-0.2, -0.15) is 5.10 Å². The third kappa shape index (κ3) is 3.95. The van der Waals surface area contributed by atoms with Crippen molar-refractivity contribution in [1.29, 1.82) is 0 Å². The molecule has 0 fully saturated rings. The fraction of sp³-hybridized carbons (Fsp3) is 0.174. The molecule has 2 aromatic heterocycles. The quantitative estimate of drug-likeness (QED) is 0.510. The zero-order valence-corrected chi connectivity index (χ0v) is 15.4. The van der Waals surface area contributed by atoms with E-state index in [2.05, 4.69) is 63.8 Å². The molecule has 0 aliphatic rings. The van der Waals surface area contributed by atoms with Crippen molar-refractivity contribution in [1.82, 2.24) is 15.2 Å². The van der Waals surface area contributed by atoms with Crippen molar-refractivity contribution >= 4 is 22.3 Å². The van der Waals surface area contributed by atoms with Crippen LogP contribution in [0.5, 0.6) is 0 Å². The number of aryl methyl sites for hydroxylation is 1. The highest BCUT2D eigenvalue weighted by Crippen LogP contribution is 2.27. The highest BCUT2D eigenvalue weighted by molar-refractivity contribution is 5.94. The van der Waals surface area contributed by atoms with Crippen molar-refractivity contribution in [2.24, 2.45) is 0 Å². The van der Waals surface area contributed by atoms with Gasteiger partial charge in [0.15, 0.2) is 5.82 Å². The topological polar surface area (TPSA) is 50.7 Å². The Balaban J connectivity index is 1.65. The average Bonchev–Trinajstić information content (AvgIpc) is 2.72. The number of rotatable bonds is 6. The summed E-state index contributed by atoms with van der Waals surface area (Å²) in [4.78, 5) is 4.08. The first-order valence-electron chi connectivity index (χ1n) is 9.32. The molecule has 27 heavy (non-hydrogen) atoms. The number of benzene rings is 2. The van der Waals surface area contributed by atoms with Gasteiger partial charge in [0.05, 0.1) is 5.69 Å². The molecule has 2 heterocycles. The first-order valence-corrected chi connectivity index (χ1v) is 9.32. The van der Waals surface area contributed by atoms with Crippen molar-refractivity contribution in [3.05, 3.63) is 89.9 Å². The number of nitrogens with one attached hydrogen (secondary N) is 1. The lowest BCUT2D eigenvalue weighted by atomic mass is 10.0. The second kappa shape index (κ2) is 7.96. The van der Waals surface area contributed by atoms with Crippen LogP contribution in [-0.4, -0.2) is 15.2 Å². The van der Waals surface area contributed by atoms with E-state index >= 15 is 0 Å². The Morgan fingerprint density at radius 3 is 2.26 bits per heavy atom. The predicted octanol–water partition coefficient (Wildman–Crippen LogP) is 5.31. The first kappa shape index (κ1) is 17.2. The van der Waals surface area contributed by atoms with Gasteiger partial charge in [-0.15, -0.1) is 5.10 Å². The van der Waals surface area contributed by atoms with Crippen LogP contribution in [0.2, 0.25) is 0 Å². The van der Waals surface area contributed by atoms with Gasteiger partial charge >= 0.3 is 0 Å². The number of aromatic nitrogens is 3. The number of hydrogen-bond acceptors (Lipinski definition) is 4. The minimum atomic E-state index is 0.738. The van der Waals surface area contributed by atoms with Gasteiger partial charge in [-0.25, -0.2) is 0 Å². The second-order valence-corrected chi connectivity index (χ2v) is 6.65. The van der Waals surface area contributed by atoms with Crippen molar-refractivity contribution in [3.8, 4) is 0 Å². The van der Waals surface area contributed by atoms with Gasteiger partial charge in [0, 0.05) is 35.3 Å². The molecule has 0 saturated heterocycles. The maximum Gasteiger partial charge on any atom is 0.160 e. The van der Waals surface area contributed by atoms with Crippen LogP contribution in [0.1, 0.15) is 30.2 Å². The summed E-state index contributed by atoms with van der Waals surface area (Å²) < 4.78 is 0. The van der Waals surface area contributed by atoms with Gasteiger partial charge in [-0.05, 0) is 41.8 Å². The third-order valence-electron chi connectivity index (χ3n) is 4.64. The van der Waals surface area contributed by atoms with E-state index in [1.165, 1.54) is 11.1 Å². The Morgan fingerprint density at radius 2 is 1.52 bits per heavy atom. The van der Waals surface area contributed by atoms with Crippen LogP contribution >= 0.6 is 0 Å². The Bertz CT molecular complexity index is 1030. The molecule has 0 aliphatic carbocycles. The van der Waals surface area contributed by atoms with E-state index in [0.29, 0.717) is 0 Å². The minimum Gasteiger partial charge on any atom is -0.338 e. The Morgan fingerprint density at radius 1 is 0.778 bits per heavy atom. The van der Waals surface area contributed by atoms with Crippen molar-refractivity contribution in [3.63, 3.8) is 0 Å². The van der Waals surface area contributed by atoms with Crippen LogP contribution in [-0.2, 0) is 12.8 Å². The van der Waals surface area contributed by atoms with Crippen LogP contribution < -0.4 is 5.32 Å². The van der Waals surface area contributed by atoms with Gasteiger partial charge in [-0.1, -0.05) is 49.7 Å². The lowest BCUT2D eigenvalue weighted by Crippen LogP contribution is -2.02. The molecular weight excluding hydrogens is 332 g/mol. The molecule has 4 aromatic rings. The van der Waals surface area contributed by atoms with Crippen molar-refractivity contribution < 1.29 is 0 Å². The molecule has 0 saturated carbocycles. The smallest absolute Gasteiger partial charge is 0.160 e. The largest absolute Gasteiger partial charge is 0.338 e. The number of fused-ring (bicyclic) bond motifs is 1. The summed E-state index contributed by atoms with van der Waals surface area (Å²) in [5, 5.41) is 14.6.